The Labute approximate surface area is 189 Å². The zero-order valence-corrected chi connectivity index (χ0v) is 18.1. The Morgan fingerprint density at radius 1 is 0.750 bits per heavy atom. The lowest BCUT2D eigenvalue weighted by atomic mass is 9.66. The molecule has 0 saturated heterocycles. The fourth-order valence-corrected chi connectivity index (χ4v) is 5.06. The van der Waals surface area contributed by atoms with Gasteiger partial charge >= 0.3 is 0 Å². The van der Waals surface area contributed by atoms with Crippen molar-refractivity contribution in [2.24, 2.45) is 5.92 Å². The van der Waals surface area contributed by atoms with Crippen LogP contribution in [0.4, 0.5) is 0 Å². The number of hydrogen-bond donors (Lipinski definition) is 0. The zero-order valence-electron chi connectivity index (χ0n) is 18.1. The number of ether oxygens (including phenoxy) is 1. The number of rotatable bonds is 5. The standard InChI is InChI=1S/C30H26O2/c1-32-25-18-16-22(17-19-25)27-20-26(21-10-8-9-11-21)28(23-12-4-2-5-13-23)30(31)29(27)24-14-6-3-7-15-24/h2-19,21,27,29H,20H2,1H3. The van der Waals surface area contributed by atoms with Crippen LogP contribution in [0.15, 0.2) is 115 Å². The molecule has 0 aromatic heterocycles. The predicted octanol–water partition coefficient (Wildman–Crippen LogP) is 6.73. The zero-order chi connectivity index (χ0) is 21.9. The molecule has 2 aliphatic carbocycles. The molecule has 2 aliphatic rings. The molecule has 2 heteroatoms. The van der Waals surface area contributed by atoms with Crippen molar-refractivity contribution >= 4 is 11.4 Å². The van der Waals surface area contributed by atoms with E-state index in [0.29, 0.717) is 0 Å². The molecular weight excluding hydrogens is 392 g/mol. The number of methoxy groups -OCH3 is 1. The summed E-state index contributed by atoms with van der Waals surface area (Å²) in [4.78, 5) is 14.3. The van der Waals surface area contributed by atoms with E-state index in [2.05, 4.69) is 60.7 Å². The van der Waals surface area contributed by atoms with Crippen LogP contribution in [0.25, 0.3) is 5.57 Å². The monoisotopic (exact) mass is 418 g/mol. The van der Waals surface area contributed by atoms with Crippen molar-refractivity contribution in [1.29, 1.82) is 0 Å². The lowest BCUT2D eigenvalue weighted by Crippen LogP contribution is -2.29. The summed E-state index contributed by atoms with van der Waals surface area (Å²) in [7, 11) is 1.68. The van der Waals surface area contributed by atoms with Gasteiger partial charge < -0.3 is 4.74 Å². The van der Waals surface area contributed by atoms with Gasteiger partial charge in [-0.3, -0.25) is 4.79 Å². The molecule has 2 atom stereocenters. The maximum absolute atomic E-state index is 14.3. The average molecular weight is 419 g/mol. The minimum absolute atomic E-state index is 0.0701. The first-order valence-electron chi connectivity index (χ1n) is 11.1. The molecule has 0 heterocycles. The van der Waals surface area contributed by atoms with Crippen LogP contribution in [0.2, 0.25) is 0 Å². The van der Waals surface area contributed by atoms with Gasteiger partial charge in [0.05, 0.1) is 13.0 Å². The van der Waals surface area contributed by atoms with Gasteiger partial charge in [0, 0.05) is 17.4 Å². The summed E-state index contributed by atoms with van der Waals surface area (Å²) in [5.41, 5.74) is 5.34. The molecule has 0 fully saturated rings. The Bertz CT molecular complexity index is 1170. The summed E-state index contributed by atoms with van der Waals surface area (Å²) in [6.07, 6.45) is 9.38. The number of ketones is 1. The van der Waals surface area contributed by atoms with Crippen LogP contribution in [-0.2, 0) is 4.79 Å². The molecule has 3 aromatic carbocycles. The normalized spacial score (nSPS) is 20.7. The number of carbonyl (C=O) groups excluding carboxylic acids is 1. The van der Waals surface area contributed by atoms with Gasteiger partial charge in [0.2, 0.25) is 0 Å². The summed E-state index contributed by atoms with van der Waals surface area (Å²) in [5.74, 6) is 1.04. The summed E-state index contributed by atoms with van der Waals surface area (Å²) in [6.45, 7) is 0. The van der Waals surface area contributed by atoms with Gasteiger partial charge in [-0.15, -0.1) is 0 Å². The largest absolute Gasteiger partial charge is 0.497 e. The molecule has 0 aliphatic heterocycles. The van der Waals surface area contributed by atoms with Crippen LogP contribution in [0.1, 0.15) is 34.9 Å². The van der Waals surface area contributed by atoms with Gasteiger partial charge in [-0.25, -0.2) is 0 Å². The molecule has 2 unspecified atom stereocenters. The molecule has 0 spiro atoms. The maximum atomic E-state index is 14.3. The second kappa shape index (κ2) is 8.84. The van der Waals surface area contributed by atoms with Crippen LogP contribution < -0.4 is 4.74 Å². The Hall–Kier alpha value is -3.65. The van der Waals surface area contributed by atoms with Crippen molar-refractivity contribution in [1.82, 2.24) is 0 Å². The van der Waals surface area contributed by atoms with Crippen molar-refractivity contribution < 1.29 is 9.53 Å². The Morgan fingerprint density at radius 3 is 2.00 bits per heavy atom. The van der Waals surface area contributed by atoms with Crippen molar-refractivity contribution in [3.63, 3.8) is 0 Å². The molecular formula is C30H26O2. The van der Waals surface area contributed by atoms with Crippen LogP contribution in [0.3, 0.4) is 0 Å². The van der Waals surface area contributed by atoms with Crippen molar-refractivity contribution in [3.8, 4) is 5.75 Å². The maximum Gasteiger partial charge on any atom is 0.171 e. The topological polar surface area (TPSA) is 26.3 Å². The molecule has 32 heavy (non-hydrogen) atoms. The van der Waals surface area contributed by atoms with Crippen LogP contribution in [-0.4, -0.2) is 12.9 Å². The third-order valence-electron chi connectivity index (χ3n) is 6.61. The summed E-state index contributed by atoms with van der Waals surface area (Å²) < 4.78 is 5.37. The summed E-state index contributed by atoms with van der Waals surface area (Å²) in [6, 6.07) is 28.6. The Balaban J connectivity index is 1.69. The molecule has 0 saturated carbocycles. The average Bonchev–Trinajstić information content (AvgIpc) is 3.39. The first-order chi connectivity index (χ1) is 15.8. The van der Waals surface area contributed by atoms with Crippen LogP contribution in [0, 0.1) is 5.92 Å². The molecule has 5 rings (SSSR count). The molecule has 158 valence electrons. The highest BCUT2D eigenvalue weighted by Crippen LogP contribution is 2.49. The SMILES string of the molecule is COc1ccc(C2CC(C3C=CC=C3)=C(c3ccccc3)C(=O)C2c2ccccc2)cc1. The van der Waals surface area contributed by atoms with E-state index < -0.39 is 0 Å². The molecule has 3 aromatic rings. The van der Waals surface area contributed by atoms with E-state index in [1.54, 1.807) is 7.11 Å². The fraction of sp³-hybridized carbons (Fsp3) is 0.167. The van der Waals surface area contributed by atoms with Crippen LogP contribution in [0.5, 0.6) is 5.75 Å². The van der Waals surface area contributed by atoms with E-state index in [-0.39, 0.29) is 23.5 Å². The molecule has 0 amide bonds. The molecule has 2 nitrogen and oxygen atoms in total. The molecule has 0 radical (unpaired) electrons. The highest BCUT2D eigenvalue weighted by atomic mass is 16.5. The Morgan fingerprint density at radius 2 is 1.38 bits per heavy atom. The van der Waals surface area contributed by atoms with Gasteiger partial charge in [-0.2, -0.15) is 0 Å². The second-order valence-electron chi connectivity index (χ2n) is 8.40. The number of allylic oxidation sites excluding steroid dienone is 6. The van der Waals surface area contributed by atoms with Gasteiger partial charge in [-0.05, 0) is 40.8 Å². The van der Waals surface area contributed by atoms with E-state index >= 15 is 0 Å². The first kappa shape index (κ1) is 20.3. The van der Waals surface area contributed by atoms with Gasteiger partial charge in [0.25, 0.3) is 0 Å². The number of carbonyl (C=O) groups is 1. The van der Waals surface area contributed by atoms with Gasteiger partial charge in [0.15, 0.2) is 5.78 Å². The number of benzene rings is 3. The van der Waals surface area contributed by atoms with E-state index in [0.717, 1.165) is 28.9 Å². The third kappa shape index (κ3) is 3.73. The first-order valence-corrected chi connectivity index (χ1v) is 11.1. The molecule has 0 N–H and O–H groups in total. The highest BCUT2D eigenvalue weighted by Gasteiger charge is 2.40. The third-order valence-corrected chi connectivity index (χ3v) is 6.61. The van der Waals surface area contributed by atoms with E-state index in [9.17, 15) is 4.79 Å². The lowest BCUT2D eigenvalue weighted by Gasteiger charge is -2.36. The van der Waals surface area contributed by atoms with E-state index in [1.165, 1.54) is 11.1 Å². The minimum Gasteiger partial charge on any atom is -0.497 e. The van der Waals surface area contributed by atoms with Gasteiger partial charge in [-0.1, -0.05) is 97.1 Å². The van der Waals surface area contributed by atoms with Crippen molar-refractivity contribution in [3.05, 3.63) is 131 Å². The highest BCUT2D eigenvalue weighted by molar-refractivity contribution is 6.25. The van der Waals surface area contributed by atoms with Crippen molar-refractivity contribution in [2.45, 2.75) is 18.3 Å². The minimum atomic E-state index is -0.224. The predicted molar refractivity (Wildman–Crippen MR) is 130 cm³/mol. The quantitative estimate of drug-likeness (QED) is 0.459. The second-order valence-corrected chi connectivity index (χ2v) is 8.40. The van der Waals surface area contributed by atoms with Crippen LogP contribution >= 0.6 is 0 Å². The lowest BCUT2D eigenvalue weighted by molar-refractivity contribution is -0.116. The molecule has 0 bridgehead atoms. The fourth-order valence-electron chi connectivity index (χ4n) is 5.06. The summed E-state index contributed by atoms with van der Waals surface area (Å²) >= 11 is 0. The van der Waals surface area contributed by atoms with E-state index in [1.807, 2.05) is 48.5 Å². The summed E-state index contributed by atoms with van der Waals surface area (Å²) in [5, 5.41) is 0. The number of hydrogen-bond acceptors (Lipinski definition) is 2. The van der Waals surface area contributed by atoms with Gasteiger partial charge in [0.1, 0.15) is 5.75 Å². The number of Topliss-reactive ketones (excluding diaryl/α,β-unsaturated/α-hetero) is 1. The Kier molecular flexibility index (Phi) is 5.60. The van der Waals surface area contributed by atoms with Crippen molar-refractivity contribution in [2.75, 3.05) is 7.11 Å². The van der Waals surface area contributed by atoms with E-state index in [4.69, 9.17) is 4.74 Å². The smallest absolute Gasteiger partial charge is 0.171 e.